The molecule has 0 bridgehead atoms. The van der Waals surface area contributed by atoms with Crippen molar-refractivity contribution in [2.24, 2.45) is 0 Å². The maximum absolute atomic E-state index is 13.6. The van der Waals surface area contributed by atoms with Crippen LogP contribution >= 0.6 is 0 Å². The first-order chi connectivity index (χ1) is 11.5. The fourth-order valence-corrected chi connectivity index (χ4v) is 2.34. The number of nitrogens with one attached hydrogen (secondary N) is 1. The second kappa shape index (κ2) is 6.62. The fraction of sp³-hybridized carbons (Fsp3) is 0.111. The van der Waals surface area contributed by atoms with Crippen LogP contribution in [0.2, 0.25) is 0 Å². The summed E-state index contributed by atoms with van der Waals surface area (Å²) in [5.41, 5.74) is 2.01. The molecule has 0 aliphatic heterocycles. The molecule has 0 unspecified atom stereocenters. The van der Waals surface area contributed by atoms with E-state index in [1.54, 1.807) is 48.0 Å². The minimum absolute atomic E-state index is 0.0773. The predicted octanol–water partition coefficient (Wildman–Crippen LogP) is 3.39. The number of hydrogen-bond acceptors (Lipinski definition) is 2. The molecule has 3 rings (SSSR count). The molecule has 0 saturated carbocycles. The van der Waals surface area contributed by atoms with Crippen LogP contribution in [0.4, 0.5) is 8.78 Å². The van der Waals surface area contributed by atoms with E-state index in [1.165, 1.54) is 18.2 Å². The van der Waals surface area contributed by atoms with Gasteiger partial charge in [-0.1, -0.05) is 18.2 Å². The van der Waals surface area contributed by atoms with Gasteiger partial charge in [-0.3, -0.25) is 4.79 Å². The van der Waals surface area contributed by atoms with Crippen LogP contribution in [-0.4, -0.2) is 15.7 Å². The molecule has 0 fully saturated rings. The van der Waals surface area contributed by atoms with Crippen molar-refractivity contribution in [1.82, 2.24) is 15.1 Å². The number of rotatable bonds is 4. The number of nitrogens with zero attached hydrogens (tertiary/aromatic N) is 2. The molecule has 0 atom stereocenters. The van der Waals surface area contributed by atoms with E-state index >= 15 is 0 Å². The summed E-state index contributed by atoms with van der Waals surface area (Å²) in [6.07, 6.45) is 0. The highest BCUT2D eigenvalue weighted by Gasteiger charge is 2.13. The lowest BCUT2D eigenvalue weighted by atomic mass is 10.2. The fourth-order valence-electron chi connectivity index (χ4n) is 2.34. The van der Waals surface area contributed by atoms with Crippen LogP contribution in [0.3, 0.4) is 0 Å². The van der Waals surface area contributed by atoms with Crippen LogP contribution in [0.5, 0.6) is 0 Å². The molecule has 0 saturated heterocycles. The molecule has 0 radical (unpaired) electrons. The third-order valence-electron chi connectivity index (χ3n) is 3.59. The minimum Gasteiger partial charge on any atom is -0.346 e. The Hall–Kier alpha value is -3.02. The third kappa shape index (κ3) is 3.32. The molecule has 1 aromatic heterocycles. The summed E-state index contributed by atoms with van der Waals surface area (Å²) in [6, 6.07) is 13.7. The largest absolute Gasteiger partial charge is 0.346 e. The van der Waals surface area contributed by atoms with Crippen LogP contribution in [-0.2, 0) is 6.54 Å². The van der Waals surface area contributed by atoms with Crippen molar-refractivity contribution in [3.63, 3.8) is 0 Å². The highest BCUT2D eigenvalue weighted by molar-refractivity contribution is 5.92. The highest BCUT2D eigenvalue weighted by atomic mass is 19.1. The van der Waals surface area contributed by atoms with E-state index in [2.05, 4.69) is 10.4 Å². The molecule has 0 aliphatic carbocycles. The molecule has 4 nitrogen and oxygen atoms in total. The summed E-state index contributed by atoms with van der Waals surface area (Å²) in [5, 5.41) is 6.88. The van der Waals surface area contributed by atoms with Gasteiger partial charge in [-0.15, -0.1) is 0 Å². The first-order valence-electron chi connectivity index (χ1n) is 7.39. The Bertz CT molecular complexity index is 872. The lowest BCUT2D eigenvalue weighted by Crippen LogP contribution is -2.24. The van der Waals surface area contributed by atoms with Gasteiger partial charge in [0.05, 0.1) is 5.69 Å². The standard InChI is InChI=1S/C18H15F2N3O/c1-12-10-17(22-23(12)15-8-6-14(19)7-9-15)18(24)21-11-13-4-2-3-5-16(13)20/h2-10H,11H2,1H3,(H,21,24). The number of hydrogen-bond donors (Lipinski definition) is 1. The van der Waals surface area contributed by atoms with Crippen molar-refractivity contribution >= 4 is 5.91 Å². The van der Waals surface area contributed by atoms with Crippen molar-refractivity contribution in [2.45, 2.75) is 13.5 Å². The molecule has 6 heteroatoms. The topological polar surface area (TPSA) is 46.9 Å². The third-order valence-corrected chi connectivity index (χ3v) is 3.59. The Kier molecular flexibility index (Phi) is 4.37. The summed E-state index contributed by atoms with van der Waals surface area (Å²) in [4.78, 5) is 12.2. The van der Waals surface area contributed by atoms with Crippen molar-refractivity contribution in [3.05, 3.63) is 83.2 Å². The average molecular weight is 327 g/mol. The molecule has 0 aliphatic rings. The van der Waals surface area contributed by atoms with E-state index in [0.717, 1.165) is 5.69 Å². The van der Waals surface area contributed by atoms with Crippen molar-refractivity contribution in [1.29, 1.82) is 0 Å². The van der Waals surface area contributed by atoms with Gasteiger partial charge in [-0.2, -0.15) is 5.10 Å². The number of aryl methyl sites for hydroxylation is 1. The van der Waals surface area contributed by atoms with Gasteiger partial charge in [0.2, 0.25) is 0 Å². The first-order valence-corrected chi connectivity index (χ1v) is 7.39. The molecule has 2 aromatic carbocycles. The molecule has 122 valence electrons. The molecular weight excluding hydrogens is 312 g/mol. The van der Waals surface area contributed by atoms with Gasteiger partial charge in [0.25, 0.3) is 5.91 Å². The first kappa shape index (κ1) is 15.9. The minimum atomic E-state index is -0.401. The Balaban J connectivity index is 1.75. The number of aromatic nitrogens is 2. The van der Waals surface area contributed by atoms with Gasteiger partial charge >= 0.3 is 0 Å². The van der Waals surface area contributed by atoms with Gasteiger partial charge in [-0.05, 0) is 43.3 Å². The van der Waals surface area contributed by atoms with Gasteiger partial charge < -0.3 is 5.32 Å². The van der Waals surface area contributed by atoms with Gasteiger partial charge in [0.1, 0.15) is 11.6 Å². The molecular formula is C18H15F2N3O. The van der Waals surface area contributed by atoms with Crippen LogP contribution < -0.4 is 5.32 Å². The second-order valence-electron chi connectivity index (χ2n) is 5.33. The van der Waals surface area contributed by atoms with E-state index in [4.69, 9.17) is 0 Å². The molecule has 1 N–H and O–H groups in total. The van der Waals surface area contributed by atoms with Crippen LogP contribution in [0.25, 0.3) is 5.69 Å². The Morgan fingerprint density at radius 2 is 1.83 bits per heavy atom. The van der Waals surface area contributed by atoms with E-state index in [1.807, 2.05) is 0 Å². The lowest BCUT2D eigenvalue weighted by molar-refractivity contribution is 0.0945. The zero-order valence-corrected chi connectivity index (χ0v) is 13.0. The van der Waals surface area contributed by atoms with Crippen LogP contribution in [0.15, 0.2) is 54.6 Å². The number of benzene rings is 2. The van der Waals surface area contributed by atoms with Crippen LogP contribution in [0.1, 0.15) is 21.7 Å². The Morgan fingerprint density at radius 1 is 1.12 bits per heavy atom. The van der Waals surface area contributed by atoms with E-state index in [-0.39, 0.29) is 23.9 Å². The normalized spacial score (nSPS) is 10.6. The quantitative estimate of drug-likeness (QED) is 0.798. The molecule has 0 spiro atoms. The van der Waals surface area contributed by atoms with Crippen molar-refractivity contribution in [2.75, 3.05) is 0 Å². The van der Waals surface area contributed by atoms with Gasteiger partial charge in [0.15, 0.2) is 5.69 Å². The smallest absolute Gasteiger partial charge is 0.272 e. The Labute approximate surface area is 137 Å². The van der Waals surface area contributed by atoms with Crippen molar-refractivity contribution in [3.8, 4) is 5.69 Å². The Morgan fingerprint density at radius 3 is 2.54 bits per heavy atom. The predicted molar refractivity (Wildman–Crippen MR) is 85.8 cm³/mol. The summed E-state index contributed by atoms with van der Waals surface area (Å²) in [5.74, 6) is -1.11. The van der Waals surface area contributed by atoms with Crippen LogP contribution in [0, 0.1) is 18.6 Å². The van der Waals surface area contributed by atoms with E-state index < -0.39 is 5.91 Å². The zero-order chi connectivity index (χ0) is 17.1. The lowest BCUT2D eigenvalue weighted by Gasteiger charge is -2.05. The molecule has 3 aromatic rings. The zero-order valence-electron chi connectivity index (χ0n) is 13.0. The number of carbonyl (C=O) groups is 1. The SMILES string of the molecule is Cc1cc(C(=O)NCc2ccccc2F)nn1-c1ccc(F)cc1. The second-order valence-corrected chi connectivity index (χ2v) is 5.33. The molecule has 24 heavy (non-hydrogen) atoms. The number of amides is 1. The number of carbonyl (C=O) groups excluding carboxylic acids is 1. The monoisotopic (exact) mass is 327 g/mol. The highest BCUT2D eigenvalue weighted by Crippen LogP contribution is 2.13. The maximum Gasteiger partial charge on any atom is 0.272 e. The van der Waals surface area contributed by atoms with Crippen molar-refractivity contribution < 1.29 is 13.6 Å². The molecule has 1 heterocycles. The summed E-state index contributed by atoms with van der Waals surface area (Å²) < 4.78 is 28.1. The van der Waals surface area contributed by atoms with E-state index in [9.17, 15) is 13.6 Å². The average Bonchev–Trinajstić information content (AvgIpc) is 2.96. The van der Waals surface area contributed by atoms with E-state index in [0.29, 0.717) is 11.3 Å². The maximum atomic E-state index is 13.6. The van der Waals surface area contributed by atoms with Gasteiger partial charge in [-0.25, -0.2) is 13.5 Å². The van der Waals surface area contributed by atoms with Gasteiger partial charge in [0, 0.05) is 17.8 Å². The summed E-state index contributed by atoms with van der Waals surface area (Å²) in [7, 11) is 0. The summed E-state index contributed by atoms with van der Waals surface area (Å²) in [6.45, 7) is 1.87. The summed E-state index contributed by atoms with van der Waals surface area (Å²) >= 11 is 0. The molecule has 1 amide bonds. The number of halogens is 2.